The summed E-state index contributed by atoms with van der Waals surface area (Å²) in [6, 6.07) is 2.38. The molecule has 0 bridgehead atoms. The number of ether oxygens (including phenoxy) is 4. The second kappa shape index (κ2) is 14.7. The zero-order chi connectivity index (χ0) is 15.1. The van der Waals surface area contributed by atoms with Crippen molar-refractivity contribution in [3.63, 3.8) is 0 Å². The number of nitrogens with one attached hydrogen (secondary N) is 1. The smallest absolute Gasteiger partial charge is 0.0976 e. The maximum absolute atomic E-state index is 8.92. The van der Waals surface area contributed by atoms with Gasteiger partial charge in [-0.15, -0.1) is 0 Å². The van der Waals surface area contributed by atoms with E-state index in [0.717, 1.165) is 0 Å². The van der Waals surface area contributed by atoms with Crippen molar-refractivity contribution in [3.8, 4) is 6.07 Å². The van der Waals surface area contributed by atoms with E-state index in [1.54, 1.807) is 7.11 Å². The van der Waals surface area contributed by atoms with Crippen LogP contribution in [0.3, 0.4) is 0 Å². The molecule has 0 aromatic rings. The van der Waals surface area contributed by atoms with Crippen LogP contribution >= 0.6 is 0 Å². The van der Waals surface area contributed by atoms with Crippen LogP contribution in [0.15, 0.2) is 0 Å². The van der Waals surface area contributed by atoms with Gasteiger partial charge in [-0.05, 0) is 20.3 Å². The van der Waals surface area contributed by atoms with Gasteiger partial charge in [-0.2, -0.15) is 5.26 Å². The molecule has 0 fully saturated rings. The lowest BCUT2D eigenvalue weighted by atomic mass is 10.2. The highest BCUT2D eigenvalue weighted by Crippen LogP contribution is 1.94. The average molecular weight is 288 g/mol. The van der Waals surface area contributed by atoms with Crippen molar-refractivity contribution in [2.75, 3.05) is 53.4 Å². The highest BCUT2D eigenvalue weighted by atomic mass is 16.6. The van der Waals surface area contributed by atoms with Crippen LogP contribution in [0.25, 0.3) is 0 Å². The Morgan fingerprint density at radius 2 is 1.40 bits per heavy atom. The third-order valence-corrected chi connectivity index (χ3v) is 2.42. The normalized spacial score (nSPS) is 12.6. The minimum atomic E-state index is -0.148. The highest BCUT2D eigenvalue weighted by Gasteiger charge is 2.07. The lowest BCUT2D eigenvalue weighted by molar-refractivity contribution is 0.00299. The van der Waals surface area contributed by atoms with E-state index in [0.29, 0.717) is 58.7 Å². The van der Waals surface area contributed by atoms with Crippen molar-refractivity contribution in [1.29, 1.82) is 5.26 Å². The van der Waals surface area contributed by atoms with Gasteiger partial charge in [0.15, 0.2) is 0 Å². The molecule has 0 aromatic carbocycles. The van der Waals surface area contributed by atoms with E-state index >= 15 is 0 Å². The van der Waals surface area contributed by atoms with Gasteiger partial charge in [0, 0.05) is 19.8 Å². The lowest BCUT2D eigenvalue weighted by Gasteiger charge is -2.14. The maximum Gasteiger partial charge on any atom is 0.0976 e. The second-order valence-electron chi connectivity index (χ2n) is 4.62. The van der Waals surface area contributed by atoms with E-state index in [4.69, 9.17) is 24.2 Å². The third kappa shape index (κ3) is 13.7. The van der Waals surface area contributed by atoms with Crippen LogP contribution in [0.1, 0.15) is 20.3 Å². The Labute approximate surface area is 122 Å². The maximum atomic E-state index is 8.92. The van der Waals surface area contributed by atoms with Crippen LogP contribution in [0, 0.1) is 11.3 Å². The van der Waals surface area contributed by atoms with Crippen molar-refractivity contribution in [1.82, 2.24) is 5.32 Å². The molecule has 0 saturated heterocycles. The molecule has 0 heterocycles. The summed E-state index contributed by atoms with van der Waals surface area (Å²) in [6.07, 6.45) is 0.689. The summed E-state index contributed by atoms with van der Waals surface area (Å²) in [4.78, 5) is 0. The van der Waals surface area contributed by atoms with E-state index in [1.807, 2.05) is 13.8 Å². The van der Waals surface area contributed by atoms with Gasteiger partial charge >= 0.3 is 0 Å². The predicted octanol–water partition coefficient (Wildman–Crippen LogP) is 0.963. The molecule has 118 valence electrons. The molecule has 6 heteroatoms. The van der Waals surface area contributed by atoms with Crippen LogP contribution in [-0.2, 0) is 18.9 Å². The van der Waals surface area contributed by atoms with E-state index in [1.165, 1.54) is 0 Å². The molecule has 0 aromatic heterocycles. The lowest BCUT2D eigenvalue weighted by Crippen LogP contribution is -2.34. The molecule has 1 N–H and O–H groups in total. The SMILES string of the molecule is COCCOCCOCCOCCC(C#N)NC(C)C. The number of nitriles is 1. The molecule has 6 nitrogen and oxygen atoms in total. The fourth-order valence-electron chi connectivity index (χ4n) is 1.47. The van der Waals surface area contributed by atoms with Gasteiger partial charge in [0.25, 0.3) is 0 Å². The first-order chi connectivity index (χ1) is 9.70. The topological polar surface area (TPSA) is 72.7 Å². The zero-order valence-corrected chi connectivity index (χ0v) is 12.9. The Kier molecular flexibility index (Phi) is 14.2. The van der Waals surface area contributed by atoms with Gasteiger partial charge in [0.2, 0.25) is 0 Å². The summed E-state index contributed by atoms with van der Waals surface area (Å²) in [5, 5.41) is 12.1. The first-order valence-electron chi connectivity index (χ1n) is 7.08. The Hall–Kier alpha value is -0.710. The molecule has 20 heavy (non-hydrogen) atoms. The Morgan fingerprint density at radius 3 is 1.85 bits per heavy atom. The first kappa shape index (κ1) is 19.3. The minimum Gasteiger partial charge on any atom is -0.382 e. The molecular weight excluding hydrogens is 260 g/mol. The minimum absolute atomic E-state index is 0.148. The monoisotopic (exact) mass is 288 g/mol. The summed E-state index contributed by atoms with van der Waals surface area (Å²) >= 11 is 0. The molecule has 0 aliphatic heterocycles. The summed E-state index contributed by atoms with van der Waals surface area (Å²) in [5.74, 6) is 0. The number of rotatable bonds is 14. The van der Waals surface area contributed by atoms with Gasteiger partial charge in [0.05, 0.1) is 51.8 Å². The van der Waals surface area contributed by atoms with Gasteiger partial charge in [-0.3, -0.25) is 5.32 Å². The van der Waals surface area contributed by atoms with Crippen LogP contribution in [-0.4, -0.2) is 65.4 Å². The van der Waals surface area contributed by atoms with Crippen LogP contribution in [0.5, 0.6) is 0 Å². The van der Waals surface area contributed by atoms with Crippen molar-refractivity contribution < 1.29 is 18.9 Å². The third-order valence-electron chi connectivity index (χ3n) is 2.42. The van der Waals surface area contributed by atoms with Crippen molar-refractivity contribution >= 4 is 0 Å². The van der Waals surface area contributed by atoms with Crippen molar-refractivity contribution in [2.24, 2.45) is 0 Å². The predicted molar refractivity (Wildman–Crippen MR) is 76.6 cm³/mol. The molecule has 0 aliphatic rings. The molecule has 0 spiro atoms. The Bertz CT molecular complexity index is 244. The molecular formula is C14H28N2O4. The Morgan fingerprint density at radius 1 is 0.900 bits per heavy atom. The quantitative estimate of drug-likeness (QED) is 0.480. The molecule has 0 rings (SSSR count). The van der Waals surface area contributed by atoms with Gasteiger partial charge in [-0.1, -0.05) is 0 Å². The van der Waals surface area contributed by atoms with Gasteiger partial charge in [-0.25, -0.2) is 0 Å². The Balaban J connectivity index is 3.22. The number of nitrogens with zero attached hydrogens (tertiary/aromatic N) is 1. The molecule has 1 unspecified atom stereocenters. The van der Waals surface area contributed by atoms with E-state index in [9.17, 15) is 0 Å². The highest BCUT2D eigenvalue weighted by molar-refractivity contribution is 4.90. The number of hydrogen-bond acceptors (Lipinski definition) is 6. The molecule has 0 amide bonds. The van der Waals surface area contributed by atoms with Crippen molar-refractivity contribution in [2.45, 2.75) is 32.4 Å². The summed E-state index contributed by atoms with van der Waals surface area (Å²) in [5.41, 5.74) is 0. The fraction of sp³-hybridized carbons (Fsp3) is 0.929. The number of methoxy groups -OCH3 is 1. The second-order valence-corrected chi connectivity index (χ2v) is 4.62. The molecule has 0 aliphatic carbocycles. The van der Waals surface area contributed by atoms with Gasteiger partial charge in [0.1, 0.15) is 0 Å². The van der Waals surface area contributed by atoms with E-state index < -0.39 is 0 Å². The molecule has 0 saturated carbocycles. The van der Waals surface area contributed by atoms with Gasteiger partial charge < -0.3 is 18.9 Å². The summed E-state index contributed by atoms with van der Waals surface area (Å²) in [6.45, 7) is 8.01. The average Bonchev–Trinajstić information content (AvgIpc) is 2.43. The van der Waals surface area contributed by atoms with Crippen LogP contribution < -0.4 is 5.32 Å². The molecule has 1 atom stereocenters. The molecule has 0 radical (unpaired) electrons. The fourth-order valence-corrected chi connectivity index (χ4v) is 1.47. The number of hydrogen-bond donors (Lipinski definition) is 1. The summed E-state index contributed by atoms with van der Waals surface area (Å²) < 4.78 is 20.9. The van der Waals surface area contributed by atoms with E-state index in [2.05, 4.69) is 11.4 Å². The van der Waals surface area contributed by atoms with Crippen molar-refractivity contribution in [3.05, 3.63) is 0 Å². The zero-order valence-electron chi connectivity index (χ0n) is 12.9. The largest absolute Gasteiger partial charge is 0.382 e. The first-order valence-corrected chi connectivity index (χ1v) is 7.08. The van der Waals surface area contributed by atoms with Crippen LogP contribution in [0.2, 0.25) is 0 Å². The summed E-state index contributed by atoms with van der Waals surface area (Å²) in [7, 11) is 1.64. The standard InChI is InChI=1S/C14H28N2O4/c1-13(2)16-14(12-15)4-5-18-8-9-20-11-10-19-7-6-17-3/h13-14,16H,4-11H2,1-3H3. The van der Waals surface area contributed by atoms with Crippen LogP contribution in [0.4, 0.5) is 0 Å². The van der Waals surface area contributed by atoms with E-state index in [-0.39, 0.29) is 6.04 Å².